The number of aromatic nitrogens is 1. The van der Waals surface area contributed by atoms with E-state index < -0.39 is 5.97 Å². The summed E-state index contributed by atoms with van der Waals surface area (Å²) in [5.41, 5.74) is 3.01. The zero-order valence-corrected chi connectivity index (χ0v) is 16.5. The molecule has 4 aromatic rings. The van der Waals surface area contributed by atoms with Crippen LogP contribution in [0.2, 0.25) is 0 Å². The van der Waals surface area contributed by atoms with Crippen molar-refractivity contribution in [2.75, 3.05) is 5.32 Å². The highest BCUT2D eigenvalue weighted by Crippen LogP contribution is 2.20. The van der Waals surface area contributed by atoms with Crippen LogP contribution in [0.25, 0.3) is 11.0 Å². The topological polar surface area (TPSA) is 81.4 Å². The van der Waals surface area contributed by atoms with Gasteiger partial charge in [0.25, 0.3) is 0 Å². The average Bonchev–Trinajstić information content (AvgIpc) is 3.34. The molecule has 2 heterocycles. The molecule has 0 aliphatic rings. The number of para-hydroxylation sites is 2. The first-order valence-corrected chi connectivity index (χ1v) is 9.91. The van der Waals surface area contributed by atoms with Gasteiger partial charge in [0, 0.05) is 16.5 Å². The number of furan rings is 1. The van der Waals surface area contributed by atoms with Crippen molar-refractivity contribution in [3.05, 3.63) is 82.0 Å². The van der Waals surface area contributed by atoms with Crippen LogP contribution in [0.1, 0.15) is 26.8 Å². The van der Waals surface area contributed by atoms with Crippen molar-refractivity contribution in [3.8, 4) is 0 Å². The van der Waals surface area contributed by atoms with Gasteiger partial charge in [-0.25, -0.2) is 9.78 Å². The largest absolute Gasteiger partial charge is 0.453 e. The molecule has 0 bridgehead atoms. The van der Waals surface area contributed by atoms with Gasteiger partial charge >= 0.3 is 5.97 Å². The number of rotatable bonds is 6. The zero-order chi connectivity index (χ0) is 20.2. The Hall–Kier alpha value is -3.45. The Morgan fingerprint density at radius 1 is 1.14 bits per heavy atom. The Morgan fingerprint density at radius 3 is 2.76 bits per heavy atom. The highest BCUT2D eigenvalue weighted by molar-refractivity contribution is 7.09. The minimum Gasteiger partial charge on any atom is -0.453 e. The smallest absolute Gasteiger partial charge is 0.374 e. The van der Waals surface area contributed by atoms with E-state index in [1.165, 1.54) is 11.3 Å². The third-order valence-corrected chi connectivity index (χ3v) is 5.21. The molecule has 1 amide bonds. The Bertz CT molecular complexity index is 1150. The highest BCUT2D eigenvalue weighted by atomic mass is 32.1. The molecule has 7 heteroatoms. The Balaban J connectivity index is 1.32. The predicted molar refractivity (Wildman–Crippen MR) is 111 cm³/mol. The monoisotopic (exact) mass is 406 g/mol. The maximum absolute atomic E-state index is 12.2. The molecular weight excluding hydrogens is 388 g/mol. The van der Waals surface area contributed by atoms with E-state index in [9.17, 15) is 9.59 Å². The molecule has 0 aliphatic carbocycles. The molecule has 2 aromatic heterocycles. The fourth-order valence-corrected chi connectivity index (χ4v) is 3.61. The summed E-state index contributed by atoms with van der Waals surface area (Å²) < 4.78 is 10.8. The lowest BCUT2D eigenvalue weighted by molar-refractivity contribution is -0.115. The molecule has 2 aromatic carbocycles. The van der Waals surface area contributed by atoms with Crippen molar-refractivity contribution in [3.63, 3.8) is 0 Å². The number of carbonyl (C=O) groups excluding carboxylic acids is 2. The first-order chi connectivity index (χ1) is 14.1. The minimum atomic E-state index is -0.548. The van der Waals surface area contributed by atoms with E-state index in [0.29, 0.717) is 16.3 Å². The molecule has 1 N–H and O–H groups in total. The predicted octanol–water partition coefficient (Wildman–Crippen LogP) is 4.74. The normalized spacial score (nSPS) is 10.8. The number of hydrogen-bond acceptors (Lipinski definition) is 6. The van der Waals surface area contributed by atoms with Gasteiger partial charge in [0.1, 0.15) is 17.2 Å². The molecule has 146 valence electrons. The molecular formula is C22H18N2O4S. The standard InChI is InChI=1S/C22H18N2O4S/c1-14-6-2-4-8-17(14)24-20(25)11-21-23-16(13-29-21)12-27-22(26)19-10-15-7-3-5-9-18(15)28-19/h2-10,13H,11-12H2,1H3,(H,24,25). The van der Waals surface area contributed by atoms with Crippen molar-refractivity contribution in [2.45, 2.75) is 20.0 Å². The van der Waals surface area contributed by atoms with E-state index in [1.807, 2.05) is 49.4 Å². The molecule has 29 heavy (non-hydrogen) atoms. The van der Waals surface area contributed by atoms with E-state index in [2.05, 4.69) is 10.3 Å². The first-order valence-electron chi connectivity index (χ1n) is 9.03. The van der Waals surface area contributed by atoms with Gasteiger partial charge < -0.3 is 14.5 Å². The van der Waals surface area contributed by atoms with Gasteiger partial charge in [-0.05, 0) is 30.7 Å². The second kappa shape index (κ2) is 8.28. The van der Waals surface area contributed by atoms with Crippen molar-refractivity contribution < 1.29 is 18.7 Å². The Morgan fingerprint density at radius 2 is 1.93 bits per heavy atom. The van der Waals surface area contributed by atoms with Crippen LogP contribution in [-0.2, 0) is 22.6 Å². The second-order valence-electron chi connectivity index (χ2n) is 6.50. The number of ether oxygens (including phenoxy) is 1. The molecule has 0 aliphatic heterocycles. The third-order valence-electron chi connectivity index (χ3n) is 4.31. The molecule has 4 rings (SSSR count). The summed E-state index contributed by atoms with van der Waals surface area (Å²) in [6, 6.07) is 16.6. The van der Waals surface area contributed by atoms with Crippen molar-refractivity contribution in [1.29, 1.82) is 0 Å². The number of hydrogen-bond donors (Lipinski definition) is 1. The fraction of sp³-hybridized carbons (Fsp3) is 0.136. The summed E-state index contributed by atoms with van der Waals surface area (Å²) in [5, 5.41) is 6.16. The van der Waals surface area contributed by atoms with Crippen molar-refractivity contribution in [2.24, 2.45) is 0 Å². The maximum Gasteiger partial charge on any atom is 0.374 e. The van der Waals surface area contributed by atoms with Crippen molar-refractivity contribution >= 4 is 39.9 Å². The van der Waals surface area contributed by atoms with Crippen LogP contribution in [0.5, 0.6) is 0 Å². The van der Waals surface area contributed by atoms with E-state index in [-0.39, 0.29) is 24.7 Å². The molecule has 0 saturated carbocycles. The van der Waals surface area contributed by atoms with Crippen LogP contribution in [-0.4, -0.2) is 16.9 Å². The van der Waals surface area contributed by atoms with E-state index in [0.717, 1.165) is 16.6 Å². The fourth-order valence-electron chi connectivity index (χ4n) is 2.83. The first kappa shape index (κ1) is 18.9. The van der Waals surface area contributed by atoms with Gasteiger partial charge in [0.05, 0.1) is 12.1 Å². The minimum absolute atomic E-state index is 0.0196. The van der Waals surface area contributed by atoms with Gasteiger partial charge in [-0.3, -0.25) is 4.79 Å². The number of fused-ring (bicyclic) bond motifs is 1. The quantitative estimate of drug-likeness (QED) is 0.468. The number of nitrogens with one attached hydrogen (secondary N) is 1. The van der Waals surface area contributed by atoms with Gasteiger partial charge in [0.15, 0.2) is 0 Å². The molecule has 0 unspecified atom stereocenters. The van der Waals surface area contributed by atoms with E-state index >= 15 is 0 Å². The Labute approximate surface area is 171 Å². The van der Waals surface area contributed by atoms with E-state index in [4.69, 9.17) is 9.15 Å². The molecule has 0 spiro atoms. The number of esters is 1. The summed E-state index contributed by atoms with van der Waals surface area (Å²) >= 11 is 1.36. The third kappa shape index (κ3) is 4.52. The number of anilines is 1. The summed E-state index contributed by atoms with van der Waals surface area (Å²) in [4.78, 5) is 28.8. The highest BCUT2D eigenvalue weighted by Gasteiger charge is 2.15. The maximum atomic E-state index is 12.2. The number of amides is 1. The van der Waals surface area contributed by atoms with Crippen molar-refractivity contribution in [1.82, 2.24) is 4.98 Å². The lowest BCUT2D eigenvalue weighted by Crippen LogP contribution is -2.15. The zero-order valence-electron chi connectivity index (χ0n) is 15.7. The second-order valence-corrected chi connectivity index (χ2v) is 7.44. The molecule has 0 fully saturated rings. The van der Waals surface area contributed by atoms with Crippen LogP contribution >= 0.6 is 11.3 Å². The number of aryl methyl sites for hydroxylation is 1. The van der Waals surface area contributed by atoms with Crippen LogP contribution in [0.4, 0.5) is 5.69 Å². The summed E-state index contributed by atoms with van der Waals surface area (Å²) in [6.45, 7) is 1.96. The number of carbonyl (C=O) groups is 2. The molecule has 6 nitrogen and oxygen atoms in total. The Kier molecular flexibility index (Phi) is 5.39. The summed E-state index contributed by atoms with van der Waals surface area (Å²) in [5.74, 6) is -0.535. The molecule has 0 atom stereocenters. The van der Waals surface area contributed by atoms with Gasteiger partial charge in [0.2, 0.25) is 11.7 Å². The summed E-state index contributed by atoms with van der Waals surface area (Å²) in [7, 11) is 0. The SMILES string of the molecule is Cc1ccccc1NC(=O)Cc1nc(COC(=O)c2cc3ccccc3o2)cs1. The number of nitrogens with zero attached hydrogens (tertiary/aromatic N) is 1. The average molecular weight is 406 g/mol. The van der Waals surface area contributed by atoms with Crippen LogP contribution in [0.3, 0.4) is 0 Å². The van der Waals surface area contributed by atoms with E-state index in [1.54, 1.807) is 17.5 Å². The lowest BCUT2D eigenvalue weighted by atomic mass is 10.2. The number of thiazole rings is 1. The number of benzene rings is 2. The molecule has 0 saturated heterocycles. The van der Waals surface area contributed by atoms with Crippen LogP contribution < -0.4 is 5.32 Å². The summed E-state index contributed by atoms with van der Waals surface area (Å²) in [6.07, 6.45) is 0.163. The lowest BCUT2D eigenvalue weighted by Gasteiger charge is -2.06. The van der Waals surface area contributed by atoms with Crippen LogP contribution in [0, 0.1) is 6.92 Å². The molecule has 0 radical (unpaired) electrons. The van der Waals surface area contributed by atoms with Crippen LogP contribution in [0.15, 0.2) is 64.4 Å². The van der Waals surface area contributed by atoms with Gasteiger partial charge in [-0.1, -0.05) is 36.4 Å². The van der Waals surface area contributed by atoms with Gasteiger partial charge in [-0.2, -0.15) is 0 Å². The van der Waals surface area contributed by atoms with Gasteiger partial charge in [-0.15, -0.1) is 11.3 Å².